The summed E-state index contributed by atoms with van der Waals surface area (Å²) in [7, 11) is 0. The van der Waals surface area contributed by atoms with E-state index in [1.165, 1.54) is 11.1 Å². The van der Waals surface area contributed by atoms with Gasteiger partial charge in [0.1, 0.15) is 12.1 Å². The zero-order valence-electron chi connectivity index (χ0n) is 10.5. The molecule has 1 aliphatic heterocycles. The fraction of sp³-hybridized carbons (Fsp3) is 0.538. The molecule has 0 aliphatic carbocycles. The second kappa shape index (κ2) is 3.89. The lowest BCUT2D eigenvalue weighted by atomic mass is 9.87. The van der Waals surface area contributed by atoms with Gasteiger partial charge in [0, 0.05) is 17.2 Å². The van der Waals surface area contributed by atoms with Crippen LogP contribution in [0.25, 0.3) is 0 Å². The molecule has 3 heteroatoms. The first-order chi connectivity index (χ1) is 7.48. The Bertz CT molecular complexity index is 427. The number of fused-ring (bicyclic) bond motifs is 1. The van der Waals surface area contributed by atoms with E-state index in [9.17, 15) is 0 Å². The van der Waals surface area contributed by atoms with Gasteiger partial charge in [0.2, 0.25) is 0 Å². The Morgan fingerprint density at radius 3 is 2.62 bits per heavy atom. The summed E-state index contributed by atoms with van der Waals surface area (Å²) in [5.41, 5.74) is 3.86. The molecule has 0 saturated heterocycles. The Kier molecular flexibility index (Phi) is 2.70. The molecule has 0 atom stereocenters. The van der Waals surface area contributed by atoms with Crippen LogP contribution in [0.2, 0.25) is 0 Å². The maximum absolute atomic E-state index is 4.46. The Balaban J connectivity index is 2.48. The predicted molar refractivity (Wildman–Crippen MR) is 66.4 cm³/mol. The van der Waals surface area contributed by atoms with Crippen LogP contribution in [0.3, 0.4) is 0 Å². The van der Waals surface area contributed by atoms with E-state index >= 15 is 0 Å². The van der Waals surface area contributed by atoms with Crippen LogP contribution in [0.4, 0.5) is 5.82 Å². The van der Waals surface area contributed by atoms with Gasteiger partial charge in [-0.2, -0.15) is 0 Å². The number of nitrogens with one attached hydrogen (secondary N) is 1. The quantitative estimate of drug-likeness (QED) is 0.726. The molecule has 1 aromatic rings. The molecule has 0 aromatic carbocycles. The summed E-state index contributed by atoms with van der Waals surface area (Å²) in [4.78, 5) is 8.78. The van der Waals surface area contributed by atoms with Gasteiger partial charge in [-0.25, -0.2) is 9.97 Å². The molecule has 0 fully saturated rings. The zero-order valence-corrected chi connectivity index (χ0v) is 10.5. The third-order valence-electron chi connectivity index (χ3n) is 2.88. The Hall–Kier alpha value is -1.38. The first kappa shape index (κ1) is 11.1. The first-order valence-corrected chi connectivity index (χ1v) is 5.75. The molecule has 0 bridgehead atoms. The van der Waals surface area contributed by atoms with Gasteiger partial charge in [-0.1, -0.05) is 26.3 Å². The zero-order chi connectivity index (χ0) is 11.8. The molecule has 0 spiro atoms. The number of nitrogens with zero attached hydrogens (tertiary/aromatic N) is 2. The molecule has 16 heavy (non-hydrogen) atoms. The van der Waals surface area contributed by atoms with Gasteiger partial charge in [0.05, 0.1) is 5.69 Å². The lowest BCUT2D eigenvalue weighted by Gasteiger charge is -2.22. The predicted octanol–water partition coefficient (Wildman–Crippen LogP) is 3.04. The maximum atomic E-state index is 4.46. The lowest BCUT2D eigenvalue weighted by molar-refractivity contribution is 0.558. The molecule has 2 heterocycles. The van der Waals surface area contributed by atoms with Crippen molar-refractivity contribution >= 4 is 5.82 Å². The van der Waals surface area contributed by atoms with Gasteiger partial charge in [0.25, 0.3) is 0 Å². The molecule has 0 unspecified atom stereocenters. The van der Waals surface area contributed by atoms with Crippen molar-refractivity contribution in [2.75, 3.05) is 5.32 Å². The number of anilines is 1. The minimum absolute atomic E-state index is 0.0763. The standard InChI is InChI=1S/C13H19N3/c1-9-5-6-10-11(13(2,3)4)15-8-16-12(10)14-7-9/h7-8H,5-6H2,1-4H3,(H,14,15,16). The van der Waals surface area contributed by atoms with E-state index in [1.807, 2.05) is 6.20 Å². The van der Waals surface area contributed by atoms with Gasteiger partial charge < -0.3 is 5.32 Å². The number of hydrogen-bond acceptors (Lipinski definition) is 3. The Morgan fingerprint density at radius 1 is 1.19 bits per heavy atom. The van der Waals surface area contributed by atoms with Crippen LogP contribution in [-0.2, 0) is 11.8 Å². The molecule has 1 N–H and O–H groups in total. The van der Waals surface area contributed by atoms with E-state index in [2.05, 4.69) is 43.0 Å². The van der Waals surface area contributed by atoms with Crippen LogP contribution < -0.4 is 5.32 Å². The highest BCUT2D eigenvalue weighted by Gasteiger charge is 2.23. The van der Waals surface area contributed by atoms with Crippen molar-refractivity contribution in [3.05, 3.63) is 29.4 Å². The van der Waals surface area contributed by atoms with Gasteiger partial charge >= 0.3 is 0 Å². The fourth-order valence-corrected chi connectivity index (χ4v) is 2.01. The third-order valence-corrected chi connectivity index (χ3v) is 2.88. The highest BCUT2D eigenvalue weighted by Crippen LogP contribution is 2.30. The Labute approximate surface area is 97.0 Å². The molecule has 0 saturated carbocycles. The van der Waals surface area contributed by atoms with Crippen molar-refractivity contribution in [2.45, 2.75) is 46.0 Å². The SMILES string of the molecule is CC1=CNc2ncnc(C(C)(C)C)c2CC1. The molecule has 2 rings (SSSR count). The van der Waals surface area contributed by atoms with Gasteiger partial charge in [0.15, 0.2) is 0 Å². The third kappa shape index (κ3) is 2.08. The van der Waals surface area contributed by atoms with Crippen LogP contribution in [-0.4, -0.2) is 9.97 Å². The van der Waals surface area contributed by atoms with E-state index in [0.29, 0.717) is 0 Å². The van der Waals surface area contributed by atoms with Crippen molar-refractivity contribution in [3.63, 3.8) is 0 Å². The second-order valence-electron chi connectivity index (χ2n) is 5.43. The van der Waals surface area contributed by atoms with Gasteiger partial charge in [-0.3, -0.25) is 0 Å². The highest BCUT2D eigenvalue weighted by atomic mass is 15.0. The first-order valence-electron chi connectivity index (χ1n) is 5.75. The van der Waals surface area contributed by atoms with Gasteiger partial charge in [-0.15, -0.1) is 0 Å². The van der Waals surface area contributed by atoms with E-state index < -0.39 is 0 Å². The van der Waals surface area contributed by atoms with Crippen LogP contribution >= 0.6 is 0 Å². The van der Waals surface area contributed by atoms with Crippen LogP contribution in [0.15, 0.2) is 18.1 Å². The topological polar surface area (TPSA) is 37.8 Å². The smallest absolute Gasteiger partial charge is 0.136 e. The van der Waals surface area contributed by atoms with E-state index in [-0.39, 0.29) is 5.41 Å². The number of aromatic nitrogens is 2. The summed E-state index contributed by atoms with van der Waals surface area (Å²) in [6, 6.07) is 0. The van der Waals surface area contributed by atoms with E-state index in [0.717, 1.165) is 24.4 Å². The summed E-state index contributed by atoms with van der Waals surface area (Å²) >= 11 is 0. The second-order valence-corrected chi connectivity index (χ2v) is 5.43. The van der Waals surface area contributed by atoms with Crippen molar-refractivity contribution in [3.8, 4) is 0 Å². The average molecular weight is 217 g/mol. The summed E-state index contributed by atoms with van der Waals surface area (Å²) in [6.07, 6.45) is 5.81. The molecule has 1 aliphatic rings. The summed E-state index contributed by atoms with van der Waals surface area (Å²) < 4.78 is 0. The van der Waals surface area contributed by atoms with Crippen molar-refractivity contribution in [1.82, 2.24) is 9.97 Å². The molecule has 0 amide bonds. The lowest BCUT2D eigenvalue weighted by Crippen LogP contribution is -2.18. The molecule has 0 radical (unpaired) electrons. The van der Waals surface area contributed by atoms with Gasteiger partial charge in [-0.05, 0) is 19.8 Å². The maximum Gasteiger partial charge on any atom is 0.136 e. The minimum atomic E-state index is 0.0763. The number of rotatable bonds is 0. The fourth-order valence-electron chi connectivity index (χ4n) is 2.01. The van der Waals surface area contributed by atoms with Crippen LogP contribution in [0.1, 0.15) is 45.4 Å². The molecular formula is C13H19N3. The summed E-state index contributed by atoms with van der Waals surface area (Å²) in [6.45, 7) is 8.73. The molecule has 86 valence electrons. The number of allylic oxidation sites excluding steroid dienone is 1. The molecule has 3 nitrogen and oxygen atoms in total. The number of hydrogen-bond donors (Lipinski definition) is 1. The van der Waals surface area contributed by atoms with E-state index in [1.54, 1.807) is 6.33 Å². The average Bonchev–Trinajstić information content (AvgIpc) is 2.39. The monoisotopic (exact) mass is 217 g/mol. The molecular weight excluding hydrogens is 198 g/mol. The minimum Gasteiger partial charge on any atom is -0.346 e. The summed E-state index contributed by atoms with van der Waals surface area (Å²) in [5, 5.41) is 3.27. The van der Waals surface area contributed by atoms with Crippen molar-refractivity contribution < 1.29 is 0 Å². The van der Waals surface area contributed by atoms with E-state index in [4.69, 9.17) is 0 Å². The van der Waals surface area contributed by atoms with Crippen molar-refractivity contribution in [2.24, 2.45) is 0 Å². The highest BCUT2D eigenvalue weighted by molar-refractivity contribution is 5.51. The summed E-state index contributed by atoms with van der Waals surface area (Å²) in [5.74, 6) is 0.969. The molecule has 1 aromatic heterocycles. The largest absolute Gasteiger partial charge is 0.346 e. The Morgan fingerprint density at radius 2 is 1.94 bits per heavy atom. The van der Waals surface area contributed by atoms with Crippen LogP contribution in [0.5, 0.6) is 0 Å². The normalized spacial score (nSPS) is 15.9. The van der Waals surface area contributed by atoms with Crippen molar-refractivity contribution in [1.29, 1.82) is 0 Å². The van der Waals surface area contributed by atoms with Crippen LogP contribution in [0, 0.1) is 0 Å².